The van der Waals surface area contributed by atoms with Crippen LogP contribution in [0.1, 0.15) is 6.92 Å². The summed E-state index contributed by atoms with van der Waals surface area (Å²) in [5.74, 6) is -1.39. The van der Waals surface area contributed by atoms with Crippen molar-refractivity contribution in [2.24, 2.45) is 0 Å². The topological polar surface area (TPSA) is 29.5 Å². The second-order valence-electron chi connectivity index (χ2n) is 1.48. The highest BCUT2D eigenvalue weighted by Gasteiger charge is 2.12. The molecule has 1 unspecified atom stereocenters. The van der Waals surface area contributed by atoms with Crippen LogP contribution >= 0.6 is 0 Å². The summed E-state index contributed by atoms with van der Waals surface area (Å²) >= 11 is 0. The molecule has 0 aliphatic carbocycles. The highest BCUT2D eigenvalue weighted by Crippen LogP contribution is 2.03. The molecule has 0 aliphatic rings. The molecule has 0 heterocycles. The van der Waals surface area contributed by atoms with Crippen molar-refractivity contribution < 1.29 is 9.84 Å². The van der Waals surface area contributed by atoms with Crippen LogP contribution in [0.4, 0.5) is 0 Å². The van der Waals surface area contributed by atoms with Crippen molar-refractivity contribution in [3.63, 3.8) is 0 Å². The fourth-order valence-electron chi connectivity index (χ4n) is 0.309. The summed E-state index contributed by atoms with van der Waals surface area (Å²) in [6, 6.07) is 0. The van der Waals surface area contributed by atoms with Crippen LogP contribution in [-0.2, 0) is 4.74 Å². The van der Waals surface area contributed by atoms with Gasteiger partial charge in [-0.05, 0) is 13.0 Å². The van der Waals surface area contributed by atoms with Crippen molar-refractivity contribution in [1.82, 2.24) is 0 Å². The normalized spacial score (nSPS) is 17.4. The number of rotatable bonds is 3. The molecule has 0 aromatic heterocycles. The van der Waals surface area contributed by atoms with Gasteiger partial charge in [-0.15, -0.1) is 0 Å². The fraction of sp³-hybridized carbons (Fsp3) is 0.500. The Balaban J connectivity index is 3.53. The molecular weight excluding hydrogens is 104 g/mol. The predicted octanol–water partition coefficient (Wildman–Crippen LogP) is 0.732. The van der Waals surface area contributed by atoms with Crippen LogP contribution in [0.2, 0.25) is 0 Å². The molecule has 0 aromatic rings. The maximum absolute atomic E-state index is 8.87. The van der Waals surface area contributed by atoms with Crippen LogP contribution in [0, 0.1) is 6.92 Å². The lowest BCUT2D eigenvalue weighted by molar-refractivity contribution is -0.128. The zero-order valence-electron chi connectivity index (χ0n) is 5.05. The van der Waals surface area contributed by atoms with E-state index in [1.54, 1.807) is 6.92 Å². The summed E-state index contributed by atoms with van der Waals surface area (Å²) in [5, 5.41) is 8.87. The lowest BCUT2D eigenvalue weighted by Gasteiger charge is -2.16. The van der Waals surface area contributed by atoms with E-state index < -0.39 is 5.79 Å². The molecule has 1 N–H and O–H groups in total. The predicted molar refractivity (Wildman–Crippen MR) is 32.1 cm³/mol. The maximum atomic E-state index is 8.87. The van der Waals surface area contributed by atoms with Crippen molar-refractivity contribution in [3.05, 3.63) is 19.6 Å². The van der Waals surface area contributed by atoms with E-state index in [0.717, 1.165) is 0 Å². The fourth-order valence-corrected chi connectivity index (χ4v) is 0.309. The van der Waals surface area contributed by atoms with E-state index in [2.05, 4.69) is 13.5 Å². The first kappa shape index (κ1) is 7.66. The molecule has 0 saturated heterocycles. The number of ether oxygens (including phenoxy) is 1. The van der Waals surface area contributed by atoms with Gasteiger partial charge >= 0.3 is 0 Å². The largest absolute Gasteiger partial charge is 0.362 e. The quantitative estimate of drug-likeness (QED) is 0.434. The molecule has 2 heteroatoms. The van der Waals surface area contributed by atoms with E-state index in [1.165, 1.54) is 6.08 Å². The van der Waals surface area contributed by atoms with E-state index in [1.807, 2.05) is 0 Å². The van der Waals surface area contributed by atoms with Gasteiger partial charge in [0.2, 0.25) is 0 Å². The van der Waals surface area contributed by atoms with Crippen molar-refractivity contribution in [2.45, 2.75) is 12.7 Å². The first-order chi connectivity index (χ1) is 3.62. The Morgan fingerprint density at radius 2 is 2.38 bits per heavy atom. The minimum atomic E-state index is -1.39. The van der Waals surface area contributed by atoms with Crippen molar-refractivity contribution in [1.29, 1.82) is 0 Å². The minimum Gasteiger partial charge on any atom is -0.362 e. The van der Waals surface area contributed by atoms with Gasteiger partial charge in [-0.3, -0.25) is 0 Å². The number of hydrogen-bond donors (Lipinski definition) is 1. The molecule has 2 nitrogen and oxygen atoms in total. The minimum absolute atomic E-state index is 0.437. The summed E-state index contributed by atoms with van der Waals surface area (Å²) < 4.78 is 4.70. The Morgan fingerprint density at radius 3 is 2.50 bits per heavy atom. The van der Waals surface area contributed by atoms with Crippen LogP contribution in [-0.4, -0.2) is 17.5 Å². The van der Waals surface area contributed by atoms with Gasteiger partial charge in [-0.25, -0.2) is 0 Å². The van der Waals surface area contributed by atoms with Crippen molar-refractivity contribution in [2.75, 3.05) is 6.61 Å². The SMILES string of the molecule is [CH2]C(O)(C=C)OCC. The third-order valence-electron chi connectivity index (χ3n) is 0.713. The van der Waals surface area contributed by atoms with E-state index in [-0.39, 0.29) is 0 Å². The Labute approximate surface area is 49.8 Å². The average Bonchev–Trinajstić information content (AvgIpc) is 1.67. The zero-order chi connectivity index (χ0) is 6.62. The molecular formula is C6H11O2. The maximum Gasteiger partial charge on any atom is 0.185 e. The molecule has 8 heavy (non-hydrogen) atoms. The van der Waals surface area contributed by atoms with Gasteiger partial charge in [0.15, 0.2) is 5.79 Å². The summed E-state index contributed by atoms with van der Waals surface area (Å²) in [5.41, 5.74) is 0. The number of aliphatic hydroxyl groups is 1. The van der Waals surface area contributed by atoms with Crippen LogP contribution in [0.25, 0.3) is 0 Å². The molecule has 0 aromatic carbocycles. The van der Waals surface area contributed by atoms with Gasteiger partial charge in [0.1, 0.15) is 0 Å². The lowest BCUT2D eigenvalue weighted by Crippen LogP contribution is -2.24. The van der Waals surface area contributed by atoms with Crippen molar-refractivity contribution >= 4 is 0 Å². The zero-order valence-corrected chi connectivity index (χ0v) is 5.05. The number of hydrogen-bond acceptors (Lipinski definition) is 2. The molecule has 0 rings (SSSR count). The third-order valence-corrected chi connectivity index (χ3v) is 0.713. The third kappa shape index (κ3) is 2.77. The van der Waals surface area contributed by atoms with E-state index in [9.17, 15) is 0 Å². The van der Waals surface area contributed by atoms with Gasteiger partial charge in [0, 0.05) is 13.5 Å². The molecule has 0 bridgehead atoms. The standard InChI is InChI=1S/C6H11O2/c1-4-6(3,7)8-5-2/h4,7H,1,3,5H2,2H3. The highest BCUT2D eigenvalue weighted by molar-refractivity contribution is 4.89. The molecule has 0 amide bonds. The van der Waals surface area contributed by atoms with Crippen LogP contribution in [0.15, 0.2) is 12.7 Å². The Bertz CT molecular complexity index is 76.6. The van der Waals surface area contributed by atoms with Gasteiger partial charge in [-0.2, -0.15) is 0 Å². The van der Waals surface area contributed by atoms with Gasteiger partial charge in [0.25, 0.3) is 0 Å². The molecule has 1 radical (unpaired) electrons. The molecule has 1 atom stereocenters. The summed E-state index contributed by atoms with van der Waals surface area (Å²) in [6.45, 7) is 8.82. The summed E-state index contributed by atoms with van der Waals surface area (Å²) in [6.07, 6.45) is 1.25. The van der Waals surface area contributed by atoms with Crippen LogP contribution < -0.4 is 0 Å². The monoisotopic (exact) mass is 115 g/mol. The van der Waals surface area contributed by atoms with E-state index >= 15 is 0 Å². The van der Waals surface area contributed by atoms with Gasteiger partial charge in [0.05, 0.1) is 0 Å². The van der Waals surface area contributed by atoms with E-state index in [0.29, 0.717) is 6.61 Å². The van der Waals surface area contributed by atoms with Crippen LogP contribution in [0.5, 0.6) is 0 Å². The van der Waals surface area contributed by atoms with Crippen LogP contribution in [0.3, 0.4) is 0 Å². The van der Waals surface area contributed by atoms with Crippen molar-refractivity contribution in [3.8, 4) is 0 Å². The molecule has 0 spiro atoms. The lowest BCUT2D eigenvalue weighted by atomic mass is 10.3. The average molecular weight is 115 g/mol. The molecule has 0 saturated carbocycles. The second kappa shape index (κ2) is 2.84. The smallest absolute Gasteiger partial charge is 0.185 e. The van der Waals surface area contributed by atoms with Gasteiger partial charge < -0.3 is 9.84 Å². The van der Waals surface area contributed by atoms with Gasteiger partial charge in [-0.1, -0.05) is 6.58 Å². The Hall–Kier alpha value is -0.340. The molecule has 0 aliphatic heterocycles. The first-order valence-corrected chi connectivity index (χ1v) is 2.47. The first-order valence-electron chi connectivity index (χ1n) is 2.47. The summed E-state index contributed by atoms with van der Waals surface area (Å²) in [4.78, 5) is 0. The Morgan fingerprint density at radius 1 is 1.88 bits per heavy atom. The molecule has 0 fully saturated rings. The molecule has 47 valence electrons. The second-order valence-corrected chi connectivity index (χ2v) is 1.48. The van der Waals surface area contributed by atoms with E-state index in [4.69, 9.17) is 9.84 Å². The summed E-state index contributed by atoms with van der Waals surface area (Å²) in [7, 11) is 0. The Kier molecular flexibility index (Phi) is 2.72. The highest BCUT2D eigenvalue weighted by atomic mass is 16.6.